The Morgan fingerprint density at radius 3 is 2.69 bits per heavy atom. The molecule has 0 bridgehead atoms. The first-order valence-electron chi connectivity index (χ1n) is 5.51. The Kier molecular flexibility index (Phi) is 4.81. The van der Waals surface area contributed by atoms with Gasteiger partial charge in [-0.2, -0.15) is 0 Å². The Bertz CT molecular complexity index is 374. The van der Waals surface area contributed by atoms with E-state index in [2.05, 4.69) is 25.2 Å². The van der Waals surface area contributed by atoms with Crippen LogP contribution in [0.4, 0.5) is 5.69 Å². The smallest absolute Gasteiger partial charge is 0.225 e. The molecule has 88 valence electrons. The van der Waals surface area contributed by atoms with E-state index in [9.17, 15) is 4.79 Å². The molecule has 0 aromatic heterocycles. The fourth-order valence-corrected chi connectivity index (χ4v) is 1.60. The van der Waals surface area contributed by atoms with Crippen molar-refractivity contribution >= 4 is 23.2 Å². The summed E-state index contributed by atoms with van der Waals surface area (Å²) in [5.74, 6) is 0.790. The standard InChI is InChI=1S/C13H18ClNO/c1-9(2)11-5-4-10(3)12(8-11)15-13(16)6-7-14/h4-5,8-9H,6-7H2,1-3H3,(H,15,16). The third kappa shape index (κ3) is 3.53. The number of anilines is 1. The van der Waals surface area contributed by atoms with Crippen molar-refractivity contribution in [2.45, 2.75) is 33.1 Å². The summed E-state index contributed by atoms with van der Waals surface area (Å²) in [5, 5.41) is 2.88. The molecule has 16 heavy (non-hydrogen) atoms. The monoisotopic (exact) mass is 239 g/mol. The van der Waals surface area contributed by atoms with Gasteiger partial charge in [0.05, 0.1) is 0 Å². The molecule has 0 atom stereocenters. The van der Waals surface area contributed by atoms with Gasteiger partial charge in [0.15, 0.2) is 0 Å². The highest BCUT2D eigenvalue weighted by molar-refractivity contribution is 6.19. The molecular formula is C13H18ClNO. The summed E-state index contributed by atoms with van der Waals surface area (Å²) >= 11 is 5.52. The van der Waals surface area contributed by atoms with Gasteiger partial charge in [-0.25, -0.2) is 0 Å². The van der Waals surface area contributed by atoms with E-state index in [4.69, 9.17) is 11.6 Å². The van der Waals surface area contributed by atoms with Gasteiger partial charge in [-0.15, -0.1) is 11.6 Å². The van der Waals surface area contributed by atoms with E-state index in [0.29, 0.717) is 18.2 Å². The van der Waals surface area contributed by atoms with Gasteiger partial charge in [-0.05, 0) is 30.0 Å². The van der Waals surface area contributed by atoms with Crippen molar-refractivity contribution in [1.82, 2.24) is 0 Å². The number of hydrogen-bond donors (Lipinski definition) is 1. The Morgan fingerprint density at radius 1 is 1.44 bits per heavy atom. The molecule has 0 aliphatic rings. The van der Waals surface area contributed by atoms with Crippen molar-refractivity contribution in [2.75, 3.05) is 11.2 Å². The minimum absolute atomic E-state index is 0.0287. The van der Waals surface area contributed by atoms with Gasteiger partial charge in [-0.1, -0.05) is 26.0 Å². The molecule has 0 radical (unpaired) electrons. The summed E-state index contributed by atoms with van der Waals surface area (Å²) < 4.78 is 0. The molecule has 0 heterocycles. The molecule has 3 heteroatoms. The summed E-state index contributed by atoms with van der Waals surface area (Å²) in [7, 11) is 0. The normalized spacial score (nSPS) is 10.6. The van der Waals surface area contributed by atoms with Crippen LogP contribution in [0.1, 0.15) is 37.3 Å². The van der Waals surface area contributed by atoms with Crippen molar-refractivity contribution < 1.29 is 4.79 Å². The SMILES string of the molecule is Cc1ccc(C(C)C)cc1NC(=O)CCCl. The second-order valence-corrected chi connectivity index (χ2v) is 4.59. The zero-order valence-corrected chi connectivity index (χ0v) is 10.8. The van der Waals surface area contributed by atoms with Gasteiger partial charge < -0.3 is 5.32 Å². The van der Waals surface area contributed by atoms with Crippen LogP contribution in [-0.2, 0) is 4.79 Å². The summed E-state index contributed by atoms with van der Waals surface area (Å²) in [6.45, 7) is 6.25. The number of benzene rings is 1. The lowest BCUT2D eigenvalue weighted by Gasteiger charge is -2.12. The van der Waals surface area contributed by atoms with Crippen LogP contribution >= 0.6 is 11.6 Å². The summed E-state index contributed by atoms with van der Waals surface area (Å²) in [6, 6.07) is 6.16. The maximum absolute atomic E-state index is 11.5. The van der Waals surface area contributed by atoms with Crippen molar-refractivity contribution in [1.29, 1.82) is 0 Å². The van der Waals surface area contributed by atoms with Crippen molar-refractivity contribution in [3.05, 3.63) is 29.3 Å². The van der Waals surface area contributed by atoms with Crippen LogP contribution in [0.15, 0.2) is 18.2 Å². The lowest BCUT2D eigenvalue weighted by Crippen LogP contribution is -2.12. The molecule has 0 fully saturated rings. The average molecular weight is 240 g/mol. The number of alkyl halides is 1. The van der Waals surface area contributed by atoms with Crippen LogP contribution in [-0.4, -0.2) is 11.8 Å². The third-order valence-corrected chi connectivity index (χ3v) is 2.71. The molecule has 1 rings (SSSR count). The number of amides is 1. The lowest BCUT2D eigenvalue weighted by atomic mass is 10.0. The van der Waals surface area contributed by atoms with Gasteiger partial charge in [0, 0.05) is 18.0 Å². The van der Waals surface area contributed by atoms with Gasteiger partial charge in [0.2, 0.25) is 5.91 Å². The largest absolute Gasteiger partial charge is 0.326 e. The van der Waals surface area contributed by atoms with E-state index >= 15 is 0 Å². The predicted molar refractivity (Wildman–Crippen MR) is 69.2 cm³/mol. The van der Waals surface area contributed by atoms with E-state index in [1.807, 2.05) is 19.1 Å². The van der Waals surface area contributed by atoms with Gasteiger partial charge in [0.1, 0.15) is 0 Å². The van der Waals surface area contributed by atoms with Crippen LogP contribution < -0.4 is 5.32 Å². The number of rotatable bonds is 4. The molecule has 0 aliphatic heterocycles. The van der Waals surface area contributed by atoms with Crippen LogP contribution in [0.5, 0.6) is 0 Å². The predicted octanol–water partition coefficient (Wildman–Crippen LogP) is 3.69. The first-order valence-corrected chi connectivity index (χ1v) is 6.04. The van der Waals surface area contributed by atoms with E-state index in [1.165, 1.54) is 5.56 Å². The second kappa shape index (κ2) is 5.90. The zero-order chi connectivity index (χ0) is 12.1. The molecule has 1 amide bonds. The molecule has 0 unspecified atom stereocenters. The highest BCUT2D eigenvalue weighted by Gasteiger charge is 2.06. The maximum atomic E-state index is 11.5. The highest BCUT2D eigenvalue weighted by atomic mass is 35.5. The maximum Gasteiger partial charge on any atom is 0.225 e. The van der Waals surface area contributed by atoms with Crippen molar-refractivity contribution in [3.8, 4) is 0 Å². The van der Waals surface area contributed by atoms with E-state index < -0.39 is 0 Å². The quantitative estimate of drug-likeness (QED) is 0.798. The average Bonchev–Trinajstić information content (AvgIpc) is 2.21. The van der Waals surface area contributed by atoms with Crippen molar-refractivity contribution in [2.24, 2.45) is 0 Å². The fourth-order valence-electron chi connectivity index (χ4n) is 1.43. The second-order valence-electron chi connectivity index (χ2n) is 4.22. The number of aryl methyl sites for hydroxylation is 1. The minimum Gasteiger partial charge on any atom is -0.326 e. The third-order valence-electron chi connectivity index (χ3n) is 2.52. The molecule has 0 aliphatic carbocycles. The van der Waals surface area contributed by atoms with Crippen LogP contribution in [0.2, 0.25) is 0 Å². The van der Waals surface area contributed by atoms with Crippen molar-refractivity contribution in [3.63, 3.8) is 0 Å². The molecule has 1 aromatic carbocycles. The molecule has 1 N–H and O–H groups in total. The number of nitrogens with one attached hydrogen (secondary N) is 1. The van der Waals surface area contributed by atoms with E-state index in [0.717, 1.165) is 11.3 Å². The van der Waals surface area contributed by atoms with E-state index in [1.54, 1.807) is 0 Å². The van der Waals surface area contributed by atoms with Gasteiger partial charge >= 0.3 is 0 Å². The highest BCUT2D eigenvalue weighted by Crippen LogP contribution is 2.22. The number of hydrogen-bond acceptors (Lipinski definition) is 1. The number of carbonyl (C=O) groups is 1. The van der Waals surface area contributed by atoms with Gasteiger partial charge in [-0.3, -0.25) is 4.79 Å². The summed E-state index contributed by atoms with van der Waals surface area (Å²) in [5.41, 5.74) is 3.19. The Morgan fingerprint density at radius 2 is 2.12 bits per heavy atom. The number of halogens is 1. The van der Waals surface area contributed by atoms with Gasteiger partial charge in [0.25, 0.3) is 0 Å². The first kappa shape index (κ1) is 13.0. The topological polar surface area (TPSA) is 29.1 Å². The minimum atomic E-state index is -0.0287. The summed E-state index contributed by atoms with van der Waals surface area (Å²) in [4.78, 5) is 11.5. The summed E-state index contributed by atoms with van der Waals surface area (Å²) in [6.07, 6.45) is 0.354. The first-order chi connectivity index (χ1) is 7.54. The molecular weight excluding hydrogens is 222 g/mol. The van der Waals surface area contributed by atoms with Crippen LogP contribution in [0.3, 0.4) is 0 Å². The Hall–Kier alpha value is -1.02. The zero-order valence-electron chi connectivity index (χ0n) is 10.0. The fraction of sp³-hybridized carbons (Fsp3) is 0.462. The Labute approximate surface area is 102 Å². The Balaban J connectivity index is 2.86. The number of carbonyl (C=O) groups excluding carboxylic acids is 1. The lowest BCUT2D eigenvalue weighted by molar-refractivity contribution is -0.115. The van der Waals surface area contributed by atoms with E-state index in [-0.39, 0.29) is 5.91 Å². The molecule has 0 spiro atoms. The molecule has 0 saturated carbocycles. The molecule has 2 nitrogen and oxygen atoms in total. The van der Waals surface area contributed by atoms with Crippen LogP contribution in [0.25, 0.3) is 0 Å². The van der Waals surface area contributed by atoms with Crippen LogP contribution in [0, 0.1) is 6.92 Å². The molecule has 1 aromatic rings. The molecule has 0 saturated heterocycles.